The molecule has 1 atom stereocenters. The van der Waals surface area contributed by atoms with Crippen LogP contribution >= 0.6 is 15.9 Å². The number of nitrogens with zero attached hydrogens (tertiary/aromatic N) is 2. The number of anilines is 1. The quantitative estimate of drug-likeness (QED) is 0.866. The molecule has 0 spiro atoms. The maximum absolute atomic E-state index is 11.2. The highest BCUT2D eigenvalue weighted by molar-refractivity contribution is 9.10. The molecule has 1 aromatic heterocycles. The second-order valence-corrected chi connectivity index (χ2v) is 4.32. The van der Waals surface area contributed by atoms with E-state index in [0.717, 1.165) is 4.47 Å². The zero-order chi connectivity index (χ0) is 11.5. The van der Waals surface area contributed by atoms with Gasteiger partial charge in [0.2, 0.25) is 11.9 Å². The first kappa shape index (κ1) is 11.9. The van der Waals surface area contributed by atoms with Crippen molar-refractivity contribution in [2.24, 2.45) is 5.73 Å². The lowest BCUT2D eigenvalue weighted by atomic mass is 9.98. The van der Waals surface area contributed by atoms with E-state index in [-0.39, 0.29) is 0 Å². The molecule has 1 heterocycles. The van der Waals surface area contributed by atoms with Gasteiger partial charge in [0, 0.05) is 12.4 Å². The van der Waals surface area contributed by atoms with Crippen LogP contribution in [0.2, 0.25) is 0 Å². The fourth-order valence-electron chi connectivity index (χ4n) is 0.948. The SMILES string of the molecule is CCC(C)(Nc1ncc(Br)cn1)C(N)=O. The first-order chi connectivity index (χ1) is 6.98. The van der Waals surface area contributed by atoms with Gasteiger partial charge in [-0.15, -0.1) is 0 Å². The summed E-state index contributed by atoms with van der Waals surface area (Å²) in [5.41, 5.74) is 4.48. The lowest BCUT2D eigenvalue weighted by molar-refractivity contribution is -0.121. The summed E-state index contributed by atoms with van der Waals surface area (Å²) in [6, 6.07) is 0. The molecule has 82 valence electrons. The number of nitrogens with one attached hydrogen (secondary N) is 1. The van der Waals surface area contributed by atoms with E-state index in [1.165, 1.54) is 0 Å². The topological polar surface area (TPSA) is 80.9 Å². The number of carbonyl (C=O) groups is 1. The molecular weight excluding hydrogens is 260 g/mol. The summed E-state index contributed by atoms with van der Waals surface area (Å²) < 4.78 is 0.783. The molecular formula is C9H13BrN4O. The standard InChI is InChI=1S/C9H13BrN4O/c1-3-9(2,7(11)15)14-8-12-4-6(10)5-13-8/h4-5H,3H2,1-2H3,(H2,11,15)(H,12,13,14). The van der Waals surface area contributed by atoms with Gasteiger partial charge in [-0.05, 0) is 29.3 Å². The number of hydrogen-bond donors (Lipinski definition) is 2. The Hall–Kier alpha value is -1.17. The van der Waals surface area contributed by atoms with Crippen molar-refractivity contribution in [1.82, 2.24) is 9.97 Å². The van der Waals surface area contributed by atoms with Crippen molar-refractivity contribution >= 4 is 27.8 Å². The maximum Gasteiger partial charge on any atom is 0.242 e. The minimum atomic E-state index is -0.812. The van der Waals surface area contributed by atoms with E-state index in [4.69, 9.17) is 5.73 Å². The van der Waals surface area contributed by atoms with Gasteiger partial charge in [0.15, 0.2) is 0 Å². The van der Waals surface area contributed by atoms with Crippen molar-refractivity contribution in [3.05, 3.63) is 16.9 Å². The largest absolute Gasteiger partial charge is 0.368 e. The van der Waals surface area contributed by atoms with E-state index >= 15 is 0 Å². The Morgan fingerprint density at radius 1 is 1.60 bits per heavy atom. The van der Waals surface area contributed by atoms with E-state index in [1.54, 1.807) is 19.3 Å². The van der Waals surface area contributed by atoms with Gasteiger partial charge < -0.3 is 11.1 Å². The fraction of sp³-hybridized carbons (Fsp3) is 0.444. The number of rotatable bonds is 4. The average Bonchev–Trinajstić information content (AvgIpc) is 2.21. The number of primary amides is 1. The number of aromatic nitrogens is 2. The van der Waals surface area contributed by atoms with Gasteiger partial charge in [-0.2, -0.15) is 0 Å². The molecule has 15 heavy (non-hydrogen) atoms. The number of carbonyl (C=O) groups excluding carboxylic acids is 1. The minimum Gasteiger partial charge on any atom is -0.368 e. The van der Waals surface area contributed by atoms with Crippen molar-refractivity contribution in [2.45, 2.75) is 25.8 Å². The number of hydrogen-bond acceptors (Lipinski definition) is 4. The Kier molecular flexibility index (Phi) is 3.62. The third-order valence-corrected chi connectivity index (χ3v) is 2.67. The van der Waals surface area contributed by atoms with Crippen LogP contribution in [0, 0.1) is 0 Å². The van der Waals surface area contributed by atoms with Crippen molar-refractivity contribution in [3.8, 4) is 0 Å². The predicted octanol–water partition coefficient (Wildman–Crippen LogP) is 1.30. The molecule has 0 aromatic carbocycles. The Morgan fingerprint density at radius 2 is 2.13 bits per heavy atom. The summed E-state index contributed by atoms with van der Waals surface area (Å²) >= 11 is 3.23. The monoisotopic (exact) mass is 272 g/mol. The summed E-state index contributed by atoms with van der Waals surface area (Å²) in [5, 5.41) is 2.91. The molecule has 0 aliphatic rings. The predicted molar refractivity (Wildman–Crippen MR) is 61.2 cm³/mol. The van der Waals surface area contributed by atoms with Gasteiger partial charge in [-0.1, -0.05) is 6.92 Å². The van der Waals surface area contributed by atoms with Gasteiger partial charge in [0.05, 0.1) is 4.47 Å². The average molecular weight is 273 g/mol. The highest BCUT2D eigenvalue weighted by atomic mass is 79.9. The first-order valence-corrected chi connectivity index (χ1v) is 5.33. The molecule has 0 radical (unpaired) electrons. The Labute approximate surface area is 96.6 Å². The van der Waals surface area contributed by atoms with Crippen molar-refractivity contribution < 1.29 is 4.79 Å². The number of nitrogens with two attached hydrogens (primary N) is 1. The Bertz CT molecular complexity index is 354. The van der Waals surface area contributed by atoms with Crippen LogP contribution < -0.4 is 11.1 Å². The molecule has 0 saturated carbocycles. The van der Waals surface area contributed by atoms with Crippen LogP contribution in [0.4, 0.5) is 5.95 Å². The van der Waals surface area contributed by atoms with Crippen molar-refractivity contribution in [1.29, 1.82) is 0 Å². The van der Waals surface area contributed by atoms with E-state index in [0.29, 0.717) is 12.4 Å². The minimum absolute atomic E-state index is 0.390. The van der Waals surface area contributed by atoms with E-state index < -0.39 is 11.4 Å². The number of amides is 1. The summed E-state index contributed by atoms with van der Waals surface area (Å²) in [6.07, 6.45) is 3.78. The van der Waals surface area contributed by atoms with E-state index in [1.807, 2.05) is 6.92 Å². The summed E-state index contributed by atoms with van der Waals surface area (Å²) in [7, 11) is 0. The third kappa shape index (κ3) is 2.89. The van der Waals surface area contributed by atoms with Crippen LogP contribution in [-0.2, 0) is 4.79 Å². The van der Waals surface area contributed by atoms with E-state index in [9.17, 15) is 4.79 Å². The van der Waals surface area contributed by atoms with Gasteiger partial charge in [0.25, 0.3) is 0 Å². The first-order valence-electron chi connectivity index (χ1n) is 4.53. The molecule has 1 aromatic rings. The molecule has 1 amide bonds. The van der Waals surface area contributed by atoms with Crippen molar-refractivity contribution in [3.63, 3.8) is 0 Å². The molecule has 5 nitrogen and oxygen atoms in total. The van der Waals surface area contributed by atoms with Crippen LogP contribution in [0.1, 0.15) is 20.3 Å². The molecule has 0 fully saturated rings. The van der Waals surface area contributed by atoms with Crippen molar-refractivity contribution in [2.75, 3.05) is 5.32 Å². The lowest BCUT2D eigenvalue weighted by Crippen LogP contribution is -2.47. The van der Waals surface area contributed by atoms with Gasteiger partial charge in [0.1, 0.15) is 5.54 Å². The van der Waals surface area contributed by atoms with Crippen LogP contribution in [0.5, 0.6) is 0 Å². The molecule has 6 heteroatoms. The highest BCUT2D eigenvalue weighted by Crippen LogP contribution is 2.15. The molecule has 3 N–H and O–H groups in total. The molecule has 1 unspecified atom stereocenters. The van der Waals surface area contributed by atoms with Crippen LogP contribution in [-0.4, -0.2) is 21.4 Å². The maximum atomic E-state index is 11.2. The van der Waals surface area contributed by atoms with Crippen LogP contribution in [0.25, 0.3) is 0 Å². The molecule has 0 aliphatic carbocycles. The van der Waals surface area contributed by atoms with Crippen LogP contribution in [0.3, 0.4) is 0 Å². The smallest absolute Gasteiger partial charge is 0.242 e. The third-order valence-electron chi connectivity index (χ3n) is 2.26. The molecule has 0 saturated heterocycles. The molecule has 1 rings (SSSR count). The summed E-state index contributed by atoms with van der Waals surface area (Å²) in [5.74, 6) is -0.0298. The van der Waals surface area contributed by atoms with Gasteiger partial charge in [-0.25, -0.2) is 9.97 Å². The molecule has 0 aliphatic heterocycles. The Morgan fingerprint density at radius 3 is 2.53 bits per heavy atom. The van der Waals surface area contributed by atoms with Gasteiger partial charge >= 0.3 is 0 Å². The second-order valence-electron chi connectivity index (χ2n) is 3.40. The zero-order valence-electron chi connectivity index (χ0n) is 8.62. The lowest BCUT2D eigenvalue weighted by Gasteiger charge is -2.25. The Balaban J connectivity index is 2.84. The fourth-order valence-corrected chi connectivity index (χ4v) is 1.15. The second kappa shape index (κ2) is 4.57. The normalized spacial score (nSPS) is 14.3. The van der Waals surface area contributed by atoms with Crippen LogP contribution in [0.15, 0.2) is 16.9 Å². The van der Waals surface area contributed by atoms with E-state index in [2.05, 4.69) is 31.2 Å². The summed E-state index contributed by atoms with van der Waals surface area (Å²) in [6.45, 7) is 3.59. The highest BCUT2D eigenvalue weighted by Gasteiger charge is 2.29. The zero-order valence-corrected chi connectivity index (χ0v) is 10.2. The van der Waals surface area contributed by atoms with Gasteiger partial charge in [-0.3, -0.25) is 4.79 Å². The molecule has 0 bridgehead atoms. The summed E-state index contributed by atoms with van der Waals surface area (Å²) in [4.78, 5) is 19.3. The number of halogens is 1.